The molecule has 0 unspecified atom stereocenters. The van der Waals surface area contributed by atoms with E-state index in [2.05, 4.69) is 15.3 Å². The summed E-state index contributed by atoms with van der Waals surface area (Å²) in [7, 11) is 0. The van der Waals surface area contributed by atoms with E-state index in [1.165, 1.54) is 0 Å². The van der Waals surface area contributed by atoms with Crippen molar-refractivity contribution in [1.29, 1.82) is 0 Å². The smallest absolute Gasteiger partial charge is 0.222 e. The minimum Gasteiger partial charge on any atom is -0.368 e. The molecule has 2 rings (SSSR count). The average molecular weight is 250 g/mol. The molecule has 6 heteroatoms. The topological polar surface area (TPSA) is 63.8 Å². The maximum atomic E-state index is 13.4. The summed E-state index contributed by atoms with van der Waals surface area (Å²) >= 11 is 1.64. The lowest BCUT2D eigenvalue weighted by atomic mass is 10.3. The van der Waals surface area contributed by atoms with E-state index in [0.717, 1.165) is 16.8 Å². The first kappa shape index (κ1) is 11.7. The molecular formula is C11H11FN4S. The third kappa shape index (κ3) is 2.85. The number of anilines is 3. The zero-order valence-corrected chi connectivity index (χ0v) is 9.96. The number of hydrogen-bond acceptors (Lipinski definition) is 5. The molecule has 17 heavy (non-hydrogen) atoms. The van der Waals surface area contributed by atoms with Crippen molar-refractivity contribution in [3.63, 3.8) is 0 Å². The highest BCUT2D eigenvalue weighted by Gasteiger charge is 2.05. The van der Waals surface area contributed by atoms with Gasteiger partial charge in [0.1, 0.15) is 0 Å². The predicted molar refractivity (Wildman–Crippen MR) is 67.9 cm³/mol. The van der Waals surface area contributed by atoms with Crippen molar-refractivity contribution in [1.82, 2.24) is 9.97 Å². The first-order chi connectivity index (χ1) is 8.19. The minimum atomic E-state index is -0.534. The van der Waals surface area contributed by atoms with Crippen LogP contribution >= 0.6 is 11.8 Å². The predicted octanol–water partition coefficient (Wildman–Crippen LogP) is 2.66. The Kier molecular flexibility index (Phi) is 3.43. The fourth-order valence-corrected chi connectivity index (χ4v) is 1.69. The van der Waals surface area contributed by atoms with Crippen LogP contribution in [-0.4, -0.2) is 16.2 Å². The van der Waals surface area contributed by atoms with Gasteiger partial charge in [-0.2, -0.15) is 4.98 Å². The van der Waals surface area contributed by atoms with Crippen LogP contribution in [0.2, 0.25) is 0 Å². The highest BCUT2D eigenvalue weighted by molar-refractivity contribution is 7.98. The number of thioether (sulfide) groups is 1. The molecule has 0 spiro atoms. The number of halogens is 1. The number of nitrogen functional groups attached to an aromatic ring is 1. The third-order valence-corrected chi connectivity index (χ3v) is 2.86. The largest absolute Gasteiger partial charge is 0.368 e. The van der Waals surface area contributed by atoms with Crippen molar-refractivity contribution in [2.24, 2.45) is 0 Å². The first-order valence-corrected chi connectivity index (χ1v) is 6.10. The maximum absolute atomic E-state index is 13.4. The van der Waals surface area contributed by atoms with E-state index >= 15 is 0 Å². The van der Waals surface area contributed by atoms with Crippen molar-refractivity contribution in [2.45, 2.75) is 4.90 Å². The molecule has 1 heterocycles. The number of nitrogens with one attached hydrogen (secondary N) is 1. The van der Waals surface area contributed by atoms with E-state index in [1.807, 2.05) is 30.5 Å². The summed E-state index contributed by atoms with van der Waals surface area (Å²) in [5, 5.41) is 2.85. The Morgan fingerprint density at radius 3 is 2.65 bits per heavy atom. The summed E-state index contributed by atoms with van der Waals surface area (Å²) in [6.07, 6.45) is 3.04. The molecule has 2 aromatic rings. The highest BCUT2D eigenvalue weighted by atomic mass is 32.2. The van der Waals surface area contributed by atoms with Crippen molar-refractivity contribution in [3.05, 3.63) is 36.3 Å². The Morgan fingerprint density at radius 2 is 2.00 bits per heavy atom. The maximum Gasteiger partial charge on any atom is 0.222 e. The number of benzene rings is 1. The quantitative estimate of drug-likeness (QED) is 0.820. The summed E-state index contributed by atoms with van der Waals surface area (Å²) in [6, 6.07) is 7.58. The van der Waals surface area contributed by atoms with Gasteiger partial charge in [-0.05, 0) is 30.5 Å². The van der Waals surface area contributed by atoms with Crippen LogP contribution in [-0.2, 0) is 0 Å². The summed E-state index contributed by atoms with van der Waals surface area (Å²) in [6.45, 7) is 0. The normalized spacial score (nSPS) is 10.2. The third-order valence-electron chi connectivity index (χ3n) is 2.12. The van der Waals surface area contributed by atoms with Crippen molar-refractivity contribution in [2.75, 3.05) is 17.3 Å². The molecule has 0 saturated heterocycles. The van der Waals surface area contributed by atoms with Gasteiger partial charge in [-0.1, -0.05) is 0 Å². The van der Waals surface area contributed by atoms with Gasteiger partial charge in [-0.25, -0.2) is 9.37 Å². The summed E-state index contributed by atoms with van der Waals surface area (Å²) in [5.41, 5.74) is 6.14. The Balaban J connectivity index is 2.22. The molecular weight excluding hydrogens is 239 g/mol. The molecule has 3 N–H and O–H groups in total. The molecule has 0 radical (unpaired) electrons. The Morgan fingerprint density at radius 1 is 1.29 bits per heavy atom. The summed E-state index contributed by atoms with van der Waals surface area (Å²) < 4.78 is 13.4. The van der Waals surface area contributed by atoms with Gasteiger partial charge in [-0.3, -0.25) is 0 Å². The molecule has 0 saturated carbocycles. The summed E-state index contributed by atoms with van der Waals surface area (Å²) in [5.74, 6) is -0.419. The highest BCUT2D eigenvalue weighted by Crippen LogP contribution is 2.21. The van der Waals surface area contributed by atoms with E-state index in [0.29, 0.717) is 0 Å². The molecule has 0 aliphatic heterocycles. The van der Waals surface area contributed by atoms with Crippen molar-refractivity contribution in [3.8, 4) is 0 Å². The Hall–Kier alpha value is -1.82. The van der Waals surface area contributed by atoms with Gasteiger partial charge in [0.15, 0.2) is 11.6 Å². The summed E-state index contributed by atoms with van der Waals surface area (Å²) in [4.78, 5) is 8.48. The van der Waals surface area contributed by atoms with E-state index in [-0.39, 0.29) is 11.8 Å². The van der Waals surface area contributed by atoms with Gasteiger partial charge in [0.2, 0.25) is 5.95 Å². The second-order valence-corrected chi connectivity index (χ2v) is 4.16. The molecule has 0 amide bonds. The van der Waals surface area contributed by atoms with Gasteiger partial charge < -0.3 is 11.1 Å². The average Bonchev–Trinajstić information content (AvgIpc) is 2.35. The van der Waals surface area contributed by atoms with E-state index in [9.17, 15) is 4.39 Å². The number of nitrogens with zero attached hydrogens (tertiary/aromatic N) is 2. The van der Waals surface area contributed by atoms with Gasteiger partial charge in [0.05, 0.1) is 6.20 Å². The lowest BCUT2D eigenvalue weighted by Crippen LogP contribution is -2.02. The van der Waals surface area contributed by atoms with E-state index < -0.39 is 5.82 Å². The van der Waals surface area contributed by atoms with Crippen LogP contribution in [0.1, 0.15) is 0 Å². The van der Waals surface area contributed by atoms with Crippen LogP contribution in [0.3, 0.4) is 0 Å². The molecule has 88 valence electrons. The standard InChI is InChI=1S/C11H11FN4S/c1-17-8-4-2-7(3-5-8)15-10-9(12)6-14-11(13)16-10/h2-6H,1H3,(H3,13,14,15,16). The van der Waals surface area contributed by atoms with Gasteiger partial charge in [0, 0.05) is 10.6 Å². The zero-order chi connectivity index (χ0) is 12.3. The number of hydrogen-bond donors (Lipinski definition) is 2. The second-order valence-electron chi connectivity index (χ2n) is 3.28. The molecule has 0 aliphatic rings. The van der Waals surface area contributed by atoms with E-state index in [4.69, 9.17) is 5.73 Å². The monoisotopic (exact) mass is 250 g/mol. The van der Waals surface area contributed by atoms with Crippen LogP contribution < -0.4 is 11.1 Å². The van der Waals surface area contributed by atoms with E-state index in [1.54, 1.807) is 11.8 Å². The van der Waals surface area contributed by atoms with Crippen molar-refractivity contribution < 1.29 is 4.39 Å². The SMILES string of the molecule is CSc1ccc(Nc2nc(N)ncc2F)cc1. The Labute approximate surface area is 102 Å². The van der Waals surface area contributed by atoms with Crippen LogP contribution in [0.15, 0.2) is 35.4 Å². The molecule has 1 aromatic heterocycles. The second kappa shape index (κ2) is 5.01. The van der Waals surface area contributed by atoms with Gasteiger partial charge in [-0.15, -0.1) is 11.8 Å². The van der Waals surface area contributed by atoms with Crippen LogP contribution in [0.5, 0.6) is 0 Å². The van der Waals surface area contributed by atoms with Crippen molar-refractivity contribution >= 4 is 29.2 Å². The molecule has 0 aliphatic carbocycles. The van der Waals surface area contributed by atoms with Crippen LogP contribution in [0, 0.1) is 5.82 Å². The van der Waals surface area contributed by atoms with Crippen LogP contribution in [0.4, 0.5) is 21.8 Å². The zero-order valence-electron chi connectivity index (χ0n) is 9.14. The number of aromatic nitrogens is 2. The number of rotatable bonds is 3. The molecule has 0 fully saturated rings. The molecule has 1 aromatic carbocycles. The Bertz CT molecular complexity index is 515. The molecule has 0 atom stereocenters. The molecule has 0 bridgehead atoms. The fourth-order valence-electron chi connectivity index (χ4n) is 1.28. The fraction of sp³-hybridized carbons (Fsp3) is 0.0909. The first-order valence-electron chi connectivity index (χ1n) is 4.88. The molecule has 4 nitrogen and oxygen atoms in total. The van der Waals surface area contributed by atoms with Gasteiger partial charge in [0.25, 0.3) is 0 Å². The van der Waals surface area contributed by atoms with Gasteiger partial charge >= 0.3 is 0 Å². The van der Waals surface area contributed by atoms with Crippen LogP contribution in [0.25, 0.3) is 0 Å². The lowest BCUT2D eigenvalue weighted by Gasteiger charge is -2.07. The lowest BCUT2D eigenvalue weighted by molar-refractivity contribution is 0.620. The number of nitrogens with two attached hydrogens (primary N) is 1. The minimum absolute atomic E-state index is 0.0367.